The van der Waals surface area contributed by atoms with Gasteiger partial charge in [0, 0.05) is 84.6 Å². The van der Waals surface area contributed by atoms with Gasteiger partial charge in [0.1, 0.15) is 17.4 Å². The highest BCUT2D eigenvalue weighted by atomic mass is 19.3. The van der Waals surface area contributed by atoms with E-state index in [4.69, 9.17) is 4.74 Å². The normalized spacial score (nSPS) is 21.7. The number of nitrogens with zero attached hydrogens (tertiary/aromatic N) is 10. The molecule has 0 spiro atoms. The second kappa shape index (κ2) is 17.8. The molecule has 4 fully saturated rings. The lowest BCUT2D eigenvalue weighted by molar-refractivity contribution is -0.135. The first-order valence-electron chi connectivity index (χ1n) is 21.4. The number of ether oxygens (including phenoxy) is 1. The van der Waals surface area contributed by atoms with Gasteiger partial charge in [0.25, 0.3) is 12.3 Å². The SMILES string of the molecule is Cn1c(=O)n(C2CCC(=O)NC2=O)c2cccc(C#CCCN3CCN(CC4CCC(n5cc(NC(=O)c6cnn7ccc(N8CCOCC8)nc67)c(C(F)F)n5)CC4)CC3)c21. The van der Waals surface area contributed by atoms with Gasteiger partial charge in [-0.15, -0.1) is 0 Å². The zero-order valence-corrected chi connectivity index (χ0v) is 34.6. The third-order valence-corrected chi connectivity index (χ3v) is 12.7. The number of amides is 3. The summed E-state index contributed by atoms with van der Waals surface area (Å²) in [6.45, 7) is 8.14. The van der Waals surface area contributed by atoms with E-state index in [0.29, 0.717) is 61.1 Å². The molecule has 326 valence electrons. The van der Waals surface area contributed by atoms with Gasteiger partial charge in [-0.1, -0.05) is 17.9 Å². The molecule has 3 amide bonds. The minimum absolute atomic E-state index is 0.00861. The number of carbonyl (C=O) groups is 3. The number of piperidine rings is 1. The zero-order valence-electron chi connectivity index (χ0n) is 34.6. The number of hydrogen-bond acceptors (Lipinski definition) is 11. The fourth-order valence-corrected chi connectivity index (χ4v) is 9.32. The van der Waals surface area contributed by atoms with Gasteiger partial charge < -0.3 is 19.9 Å². The molecule has 4 aliphatic rings. The Morgan fingerprint density at radius 2 is 1.77 bits per heavy atom. The number of rotatable bonds is 10. The van der Waals surface area contributed by atoms with Crippen molar-refractivity contribution in [2.45, 2.75) is 63.5 Å². The molecule has 3 aliphatic heterocycles. The van der Waals surface area contributed by atoms with Crippen LogP contribution in [0.3, 0.4) is 0 Å². The Kier molecular flexibility index (Phi) is 11.9. The van der Waals surface area contributed by atoms with E-state index in [-0.39, 0.29) is 41.7 Å². The van der Waals surface area contributed by atoms with Gasteiger partial charge in [-0.25, -0.2) is 23.1 Å². The Bertz CT molecular complexity index is 2600. The van der Waals surface area contributed by atoms with Crippen molar-refractivity contribution in [3.05, 3.63) is 70.2 Å². The van der Waals surface area contributed by atoms with E-state index >= 15 is 0 Å². The summed E-state index contributed by atoms with van der Waals surface area (Å²) in [4.78, 5) is 62.7. The number of para-hydroxylation sites is 1. The van der Waals surface area contributed by atoms with Crippen LogP contribution in [0, 0.1) is 17.8 Å². The number of carbonyl (C=O) groups excluding carboxylic acids is 3. The number of morpholine rings is 1. The van der Waals surface area contributed by atoms with E-state index < -0.39 is 30.0 Å². The quantitative estimate of drug-likeness (QED) is 0.156. The molecule has 19 heteroatoms. The van der Waals surface area contributed by atoms with Gasteiger partial charge in [0.15, 0.2) is 11.3 Å². The number of imide groups is 1. The summed E-state index contributed by atoms with van der Waals surface area (Å²) in [6, 6.07) is 6.58. The highest BCUT2D eigenvalue weighted by Crippen LogP contribution is 2.35. The molecular formula is C43H50F2N12O5. The van der Waals surface area contributed by atoms with Crippen molar-refractivity contribution < 1.29 is 27.9 Å². The van der Waals surface area contributed by atoms with Crippen molar-refractivity contribution in [3.63, 3.8) is 0 Å². The lowest BCUT2D eigenvalue weighted by Crippen LogP contribution is -2.48. The summed E-state index contributed by atoms with van der Waals surface area (Å²) in [6.07, 6.45) is 6.48. The Morgan fingerprint density at radius 1 is 1.00 bits per heavy atom. The Morgan fingerprint density at radius 3 is 2.53 bits per heavy atom. The van der Waals surface area contributed by atoms with Crippen LogP contribution in [0.4, 0.5) is 20.3 Å². The van der Waals surface area contributed by atoms with Crippen LogP contribution < -0.4 is 21.2 Å². The van der Waals surface area contributed by atoms with E-state index in [1.54, 1.807) is 17.9 Å². The summed E-state index contributed by atoms with van der Waals surface area (Å²) in [5.41, 5.74) is 1.77. The van der Waals surface area contributed by atoms with Crippen LogP contribution in [0.15, 0.2) is 47.7 Å². The number of aryl methyl sites for hydroxylation is 1. The molecule has 4 aromatic heterocycles. The Labute approximate surface area is 356 Å². The molecule has 1 unspecified atom stereocenters. The van der Waals surface area contributed by atoms with Crippen molar-refractivity contribution in [2.24, 2.45) is 13.0 Å². The van der Waals surface area contributed by atoms with Crippen molar-refractivity contribution in [2.75, 3.05) is 75.8 Å². The van der Waals surface area contributed by atoms with E-state index in [9.17, 15) is 28.0 Å². The van der Waals surface area contributed by atoms with Crippen LogP contribution in [0.1, 0.15) is 85.1 Å². The van der Waals surface area contributed by atoms with Crippen LogP contribution in [-0.2, 0) is 21.4 Å². The Hall–Kier alpha value is -5.97. The number of hydrogen-bond donors (Lipinski definition) is 2. The highest BCUT2D eigenvalue weighted by Gasteiger charge is 2.32. The second-order valence-electron chi connectivity index (χ2n) is 16.6. The summed E-state index contributed by atoms with van der Waals surface area (Å²) in [7, 11) is 1.68. The number of halogens is 2. The predicted molar refractivity (Wildman–Crippen MR) is 225 cm³/mol. The molecule has 7 heterocycles. The third-order valence-electron chi connectivity index (χ3n) is 12.7. The van der Waals surface area contributed by atoms with Gasteiger partial charge >= 0.3 is 5.69 Å². The number of piperazine rings is 1. The Balaban J connectivity index is 0.748. The van der Waals surface area contributed by atoms with Crippen molar-refractivity contribution in [3.8, 4) is 11.8 Å². The molecule has 1 aromatic carbocycles. The van der Waals surface area contributed by atoms with E-state index in [0.717, 1.165) is 70.5 Å². The van der Waals surface area contributed by atoms with Crippen molar-refractivity contribution in [1.29, 1.82) is 0 Å². The number of anilines is 2. The van der Waals surface area contributed by atoms with Gasteiger partial charge in [-0.05, 0) is 56.2 Å². The average Bonchev–Trinajstić information content (AvgIpc) is 3.98. The maximum atomic E-state index is 14.3. The topological polar surface area (TPSA) is 169 Å². The minimum Gasteiger partial charge on any atom is -0.378 e. The van der Waals surface area contributed by atoms with Crippen LogP contribution >= 0.6 is 0 Å². The van der Waals surface area contributed by atoms with E-state index in [1.165, 1.54) is 26.0 Å². The fourth-order valence-electron chi connectivity index (χ4n) is 9.32. The van der Waals surface area contributed by atoms with Gasteiger partial charge in [-0.2, -0.15) is 10.2 Å². The van der Waals surface area contributed by atoms with E-state index in [2.05, 4.69) is 52.4 Å². The van der Waals surface area contributed by atoms with Crippen LogP contribution in [0.25, 0.3) is 16.7 Å². The average molecular weight is 853 g/mol. The maximum Gasteiger partial charge on any atom is 0.329 e. The first-order chi connectivity index (χ1) is 30.1. The van der Waals surface area contributed by atoms with Gasteiger partial charge in [0.05, 0.1) is 47.7 Å². The van der Waals surface area contributed by atoms with Crippen LogP contribution in [0.5, 0.6) is 0 Å². The molecule has 0 bridgehead atoms. The number of fused-ring (bicyclic) bond motifs is 2. The molecule has 1 atom stereocenters. The molecule has 3 saturated heterocycles. The molecule has 62 heavy (non-hydrogen) atoms. The third kappa shape index (κ3) is 8.46. The fraction of sp³-hybridized carbons (Fsp3) is 0.512. The molecule has 1 aliphatic carbocycles. The first-order valence-corrected chi connectivity index (χ1v) is 21.4. The number of alkyl halides is 2. The van der Waals surface area contributed by atoms with E-state index in [1.807, 2.05) is 24.3 Å². The minimum atomic E-state index is -2.86. The highest BCUT2D eigenvalue weighted by molar-refractivity contribution is 6.08. The lowest BCUT2D eigenvalue weighted by atomic mass is 9.85. The predicted octanol–water partition coefficient (Wildman–Crippen LogP) is 3.37. The number of aromatic nitrogens is 7. The largest absolute Gasteiger partial charge is 0.378 e. The summed E-state index contributed by atoms with van der Waals surface area (Å²) >= 11 is 0. The lowest BCUT2D eigenvalue weighted by Gasteiger charge is -2.38. The zero-order chi connectivity index (χ0) is 42.9. The first kappa shape index (κ1) is 41.4. The molecule has 0 radical (unpaired) electrons. The number of imidazole rings is 1. The number of benzene rings is 1. The number of nitrogens with one attached hydrogen (secondary N) is 2. The summed E-state index contributed by atoms with van der Waals surface area (Å²) in [5, 5.41) is 13.6. The van der Waals surface area contributed by atoms with Crippen LogP contribution in [-0.4, -0.2) is 127 Å². The molecule has 1 saturated carbocycles. The summed E-state index contributed by atoms with van der Waals surface area (Å²) < 4.78 is 40.1. The van der Waals surface area contributed by atoms with Crippen molar-refractivity contribution >= 4 is 45.9 Å². The van der Waals surface area contributed by atoms with Gasteiger partial charge in [0.2, 0.25) is 11.8 Å². The molecule has 5 aromatic rings. The monoisotopic (exact) mass is 852 g/mol. The molecule has 9 rings (SSSR count). The molecule has 17 nitrogen and oxygen atoms in total. The van der Waals surface area contributed by atoms with Crippen molar-refractivity contribution in [1.82, 2.24) is 48.6 Å². The smallest absolute Gasteiger partial charge is 0.329 e. The molecular weight excluding hydrogens is 803 g/mol. The van der Waals surface area contributed by atoms with Crippen LogP contribution in [0.2, 0.25) is 0 Å². The standard InChI is InChI=1S/C43H50F2N12O5/c1-51-38-29(6-4-7-33(38)57(43(51)61)34-12-13-36(58)49-42(34)60)5-2-3-15-52-17-19-53(20-18-52)26-28-8-10-30(11-9-28)56-27-32(37(50-56)39(44)45)47-41(59)31-25-46-55-16-14-35(48-40(31)55)54-21-23-62-24-22-54/h4,6-7,14,16,25,27-28,30,34,39H,3,8-13,15,17-24,26H2,1H3,(H,47,59)(H,49,58,60). The second-order valence-corrected chi connectivity index (χ2v) is 16.6. The molecule has 2 N–H and O–H groups in total. The summed E-state index contributed by atoms with van der Waals surface area (Å²) in [5.74, 6) is 6.39. The van der Waals surface area contributed by atoms with Gasteiger partial charge in [-0.3, -0.25) is 38.4 Å². The maximum absolute atomic E-state index is 14.3.